The Morgan fingerprint density at radius 3 is 2.76 bits per heavy atom. The number of rotatable bonds is 4. The molecule has 6 nitrogen and oxygen atoms in total. The van der Waals surface area contributed by atoms with E-state index in [1.165, 1.54) is 0 Å². The summed E-state index contributed by atoms with van der Waals surface area (Å²) in [5, 5.41) is 11.4. The molecule has 0 aromatic carbocycles. The summed E-state index contributed by atoms with van der Waals surface area (Å²) < 4.78 is 5.60. The van der Waals surface area contributed by atoms with Crippen LogP contribution in [0.25, 0.3) is 0 Å². The van der Waals surface area contributed by atoms with E-state index in [0.29, 0.717) is 6.04 Å². The minimum absolute atomic E-state index is 0.442. The zero-order chi connectivity index (χ0) is 14.8. The fourth-order valence-corrected chi connectivity index (χ4v) is 3.55. The molecule has 3 rings (SSSR count). The van der Waals surface area contributed by atoms with Gasteiger partial charge in [0.1, 0.15) is 0 Å². The number of nitrogens with zero attached hydrogens (tertiary/aromatic N) is 5. The predicted octanol–water partition coefficient (Wildman–Crippen LogP) is 2.11. The molecule has 0 N–H and O–H groups in total. The van der Waals surface area contributed by atoms with Crippen molar-refractivity contribution in [2.75, 3.05) is 24.5 Å². The third-order valence-corrected chi connectivity index (χ3v) is 4.73. The predicted molar refractivity (Wildman–Crippen MR) is 82.6 cm³/mol. The van der Waals surface area contributed by atoms with Gasteiger partial charge in [-0.3, -0.25) is 4.90 Å². The maximum Gasteiger partial charge on any atom is 0.230 e. The lowest BCUT2D eigenvalue weighted by atomic mass is 10.2. The van der Waals surface area contributed by atoms with E-state index in [0.717, 1.165) is 55.2 Å². The van der Waals surface area contributed by atoms with E-state index in [4.69, 9.17) is 4.42 Å². The van der Waals surface area contributed by atoms with Crippen LogP contribution < -0.4 is 4.90 Å². The summed E-state index contributed by atoms with van der Waals surface area (Å²) in [6.45, 7) is 10.0. The first-order chi connectivity index (χ1) is 10.2. The maximum atomic E-state index is 5.60. The summed E-state index contributed by atoms with van der Waals surface area (Å²) in [7, 11) is 0. The summed E-state index contributed by atoms with van der Waals surface area (Å²) in [5.41, 5.74) is 1.10. The smallest absolute Gasteiger partial charge is 0.230 e. The molecular weight excluding hydrogens is 286 g/mol. The third-order valence-electron chi connectivity index (χ3n) is 3.73. The van der Waals surface area contributed by atoms with Gasteiger partial charge in [0.15, 0.2) is 5.13 Å². The Labute approximate surface area is 128 Å². The second-order valence-electron chi connectivity index (χ2n) is 5.49. The van der Waals surface area contributed by atoms with Gasteiger partial charge in [0.2, 0.25) is 11.8 Å². The average molecular weight is 307 g/mol. The minimum Gasteiger partial charge on any atom is -0.424 e. The van der Waals surface area contributed by atoms with Crippen molar-refractivity contribution in [3.8, 4) is 0 Å². The third kappa shape index (κ3) is 3.24. The van der Waals surface area contributed by atoms with Crippen molar-refractivity contribution < 1.29 is 4.42 Å². The molecular formula is C14H21N5OS. The van der Waals surface area contributed by atoms with Gasteiger partial charge in [-0.15, -0.1) is 21.5 Å². The number of thiazole rings is 1. The van der Waals surface area contributed by atoms with E-state index in [-0.39, 0.29) is 0 Å². The molecule has 1 aliphatic rings. The highest BCUT2D eigenvalue weighted by Gasteiger charge is 2.26. The Kier molecular flexibility index (Phi) is 4.21. The Morgan fingerprint density at radius 1 is 1.33 bits per heavy atom. The Morgan fingerprint density at radius 2 is 2.14 bits per heavy atom. The van der Waals surface area contributed by atoms with Gasteiger partial charge in [0.05, 0.1) is 12.2 Å². The van der Waals surface area contributed by atoms with Gasteiger partial charge in [-0.2, -0.15) is 0 Å². The molecule has 114 valence electrons. The van der Waals surface area contributed by atoms with Crippen LogP contribution in [0, 0.1) is 6.92 Å². The standard InChI is InChI=1S/C14H21N5OS/c1-4-12-16-17-13(20-12)8-18-5-6-19(11(3)7-18)14-15-10(2)9-21-14/h9,11H,4-8H2,1-3H3/t11-/m1/s1. The highest BCUT2D eigenvalue weighted by molar-refractivity contribution is 7.13. The van der Waals surface area contributed by atoms with E-state index in [1.807, 2.05) is 13.8 Å². The summed E-state index contributed by atoms with van der Waals surface area (Å²) >= 11 is 1.73. The summed E-state index contributed by atoms with van der Waals surface area (Å²) in [6, 6.07) is 0.442. The monoisotopic (exact) mass is 307 g/mol. The lowest BCUT2D eigenvalue weighted by Gasteiger charge is -2.39. The fourth-order valence-electron chi connectivity index (χ4n) is 2.62. The summed E-state index contributed by atoms with van der Waals surface area (Å²) in [5.74, 6) is 1.44. The van der Waals surface area contributed by atoms with E-state index in [2.05, 4.69) is 37.3 Å². The SMILES string of the molecule is CCc1nnc(CN2CCN(c3nc(C)cs3)[C@H](C)C2)o1. The molecule has 2 aromatic heterocycles. The Balaban J connectivity index is 1.60. The topological polar surface area (TPSA) is 58.3 Å². The zero-order valence-electron chi connectivity index (χ0n) is 12.7. The molecule has 2 aromatic rings. The van der Waals surface area contributed by atoms with Crippen molar-refractivity contribution in [3.05, 3.63) is 22.9 Å². The Bertz CT molecular complexity index is 596. The first-order valence-electron chi connectivity index (χ1n) is 7.38. The van der Waals surface area contributed by atoms with E-state index >= 15 is 0 Å². The van der Waals surface area contributed by atoms with Crippen LogP contribution in [0.3, 0.4) is 0 Å². The van der Waals surface area contributed by atoms with E-state index in [1.54, 1.807) is 11.3 Å². The molecule has 1 atom stereocenters. The highest BCUT2D eigenvalue weighted by atomic mass is 32.1. The second-order valence-corrected chi connectivity index (χ2v) is 6.33. The van der Waals surface area contributed by atoms with Crippen LogP contribution in [-0.4, -0.2) is 45.8 Å². The highest BCUT2D eigenvalue weighted by Crippen LogP contribution is 2.24. The van der Waals surface area contributed by atoms with E-state index in [9.17, 15) is 0 Å². The molecule has 1 aliphatic heterocycles. The number of hydrogen-bond acceptors (Lipinski definition) is 7. The normalized spacial score (nSPS) is 20.1. The molecule has 0 bridgehead atoms. The number of anilines is 1. The maximum absolute atomic E-state index is 5.60. The van der Waals surface area contributed by atoms with Crippen LogP contribution in [0.1, 0.15) is 31.3 Å². The van der Waals surface area contributed by atoms with Crippen LogP contribution in [0.15, 0.2) is 9.80 Å². The Hall–Kier alpha value is -1.47. The molecule has 0 saturated carbocycles. The minimum atomic E-state index is 0.442. The van der Waals surface area contributed by atoms with Gasteiger partial charge in [-0.1, -0.05) is 6.92 Å². The molecule has 0 radical (unpaired) electrons. The number of aromatic nitrogens is 3. The number of piperazine rings is 1. The number of aryl methyl sites for hydroxylation is 2. The van der Waals surface area contributed by atoms with Gasteiger partial charge in [-0.05, 0) is 13.8 Å². The van der Waals surface area contributed by atoms with Gasteiger partial charge < -0.3 is 9.32 Å². The molecule has 0 aliphatic carbocycles. The van der Waals surface area contributed by atoms with Crippen LogP contribution in [-0.2, 0) is 13.0 Å². The molecule has 3 heterocycles. The van der Waals surface area contributed by atoms with Gasteiger partial charge >= 0.3 is 0 Å². The van der Waals surface area contributed by atoms with Crippen molar-refractivity contribution in [1.29, 1.82) is 0 Å². The molecule has 7 heteroatoms. The molecule has 1 fully saturated rings. The molecule has 0 unspecified atom stereocenters. The van der Waals surface area contributed by atoms with Crippen LogP contribution in [0.2, 0.25) is 0 Å². The zero-order valence-corrected chi connectivity index (χ0v) is 13.6. The summed E-state index contributed by atoms with van der Waals surface area (Å²) in [6.07, 6.45) is 0.792. The van der Waals surface area contributed by atoms with Gasteiger partial charge in [-0.25, -0.2) is 4.98 Å². The van der Waals surface area contributed by atoms with E-state index < -0.39 is 0 Å². The summed E-state index contributed by atoms with van der Waals surface area (Å²) in [4.78, 5) is 9.35. The molecule has 21 heavy (non-hydrogen) atoms. The number of hydrogen-bond donors (Lipinski definition) is 0. The lowest BCUT2D eigenvalue weighted by molar-refractivity contribution is 0.200. The van der Waals surface area contributed by atoms with Crippen molar-refractivity contribution in [2.45, 2.75) is 39.8 Å². The van der Waals surface area contributed by atoms with Crippen molar-refractivity contribution in [2.24, 2.45) is 0 Å². The van der Waals surface area contributed by atoms with Crippen LogP contribution in [0.4, 0.5) is 5.13 Å². The molecule has 1 saturated heterocycles. The average Bonchev–Trinajstić information content (AvgIpc) is 3.08. The first kappa shape index (κ1) is 14.5. The van der Waals surface area contributed by atoms with Crippen molar-refractivity contribution >= 4 is 16.5 Å². The second kappa shape index (κ2) is 6.11. The molecule has 0 spiro atoms. The van der Waals surface area contributed by atoms with Crippen LogP contribution >= 0.6 is 11.3 Å². The van der Waals surface area contributed by atoms with Crippen molar-refractivity contribution in [1.82, 2.24) is 20.1 Å². The fraction of sp³-hybridized carbons (Fsp3) is 0.643. The quantitative estimate of drug-likeness (QED) is 0.862. The lowest BCUT2D eigenvalue weighted by Crippen LogP contribution is -2.51. The van der Waals surface area contributed by atoms with Crippen molar-refractivity contribution in [3.63, 3.8) is 0 Å². The largest absolute Gasteiger partial charge is 0.424 e. The molecule has 0 amide bonds. The van der Waals surface area contributed by atoms with Crippen LogP contribution in [0.5, 0.6) is 0 Å². The van der Waals surface area contributed by atoms with Gasteiger partial charge in [0, 0.05) is 37.5 Å². The first-order valence-corrected chi connectivity index (χ1v) is 8.26. The van der Waals surface area contributed by atoms with Gasteiger partial charge in [0.25, 0.3) is 0 Å².